The molecule has 0 fully saturated rings. The van der Waals surface area contributed by atoms with Crippen molar-refractivity contribution < 1.29 is 13.9 Å². The Morgan fingerprint density at radius 2 is 2.05 bits per heavy atom. The predicted molar refractivity (Wildman–Crippen MR) is 70.3 cm³/mol. The number of aryl methyl sites for hydroxylation is 1. The number of halogens is 1. The zero-order valence-corrected chi connectivity index (χ0v) is 11.1. The standard InChI is InChI=1S/C13H16FN3O2/c1-17-13(15)10(6-16-17)9-4-8(7-18-2)12(19-3)5-11(9)14/h4-6H,7,15H2,1-3H3. The Morgan fingerprint density at radius 1 is 1.32 bits per heavy atom. The summed E-state index contributed by atoms with van der Waals surface area (Å²) in [6.45, 7) is 0.330. The molecule has 0 amide bonds. The summed E-state index contributed by atoms with van der Waals surface area (Å²) in [6.07, 6.45) is 1.54. The maximum absolute atomic E-state index is 14.1. The summed E-state index contributed by atoms with van der Waals surface area (Å²) in [6, 6.07) is 3.00. The molecule has 1 heterocycles. The van der Waals surface area contributed by atoms with Crippen molar-refractivity contribution in [1.29, 1.82) is 0 Å². The van der Waals surface area contributed by atoms with Crippen molar-refractivity contribution in [2.75, 3.05) is 20.0 Å². The predicted octanol–water partition coefficient (Wildman–Crippen LogP) is 1.96. The van der Waals surface area contributed by atoms with Crippen LogP contribution in [0.4, 0.5) is 10.2 Å². The second kappa shape index (κ2) is 5.27. The zero-order valence-electron chi connectivity index (χ0n) is 11.1. The van der Waals surface area contributed by atoms with Gasteiger partial charge in [-0.2, -0.15) is 5.10 Å². The van der Waals surface area contributed by atoms with E-state index in [2.05, 4.69) is 5.10 Å². The molecular formula is C13H16FN3O2. The second-order valence-electron chi connectivity index (χ2n) is 4.14. The van der Waals surface area contributed by atoms with Crippen LogP contribution < -0.4 is 10.5 Å². The maximum Gasteiger partial charge on any atom is 0.134 e. The van der Waals surface area contributed by atoms with Gasteiger partial charge in [-0.15, -0.1) is 0 Å². The van der Waals surface area contributed by atoms with Gasteiger partial charge >= 0.3 is 0 Å². The van der Waals surface area contributed by atoms with Gasteiger partial charge in [0.25, 0.3) is 0 Å². The van der Waals surface area contributed by atoms with Crippen LogP contribution in [0.1, 0.15) is 5.56 Å². The van der Waals surface area contributed by atoms with Gasteiger partial charge in [0.05, 0.1) is 19.9 Å². The molecule has 0 aliphatic carbocycles. The molecule has 0 atom stereocenters. The number of anilines is 1. The minimum absolute atomic E-state index is 0.330. The molecule has 0 aliphatic heterocycles. The number of nitrogens with two attached hydrogens (primary N) is 1. The molecule has 2 aromatic rings. The number of nitrogens with zero attached hydrogens (tertiary/aromatic N) is 2. The van der Waals surface area contributed by atoms with Crippen molar-refractivity contribution >= 4 is 5.82 Å². The number of hydrogen-bond acceptors (Lipinski definition) is 4. The molecule has 5 nitrogen and oxygen atoms in total. The van der Waals surface area contributed by atoms with Crippen LogP contribution in [-0.4, -0.2) is 24.0 Å². The molecule has 0 radical (unpaired) electrons. The lowest BCUT2D eigenvalue weighted by molar-refractivity contribution is 0.181. The maximum atomic E-state index is 14.1. The first-order valence-electron chi connectivity index (χ1n) is 5.71. The summed E-state index contributed by atoms with van der Waals surface area (Å²) in [5.41, 5.74) is 7.57. The quantitative estimate of drug-likeness (QED) is 0.918. The summed E-state index contributed by atoms with van der Waals surface area (Å²) >= 11 is 0. The Bertz CT molecular complexity index is 596. The minimum Gasteiger partial charge on any atom is -0.496 e. The van der Waals surface area contributed by atoms with Gasteiger partial charge in [0.2, 0.25) is 0 Å². The van der Waals surface area contributed by atoms with Gasteiger partial charge in [-0.05, 0) is 6.07 Å². The lowest BCUT2D eigenvalue weighted by Gasteiger charge is -2.11. The molecule has 1 aromatic carbocycles. The third-order valence-corrected chi connectivity index (χ3v) is 2.94. The molecule has 102 valence electrons. The average Bonchev–Trinajstić information content (AvgIpc) is 2.72. The first-order chi connectivity index (χ1) is 9.08. The SMILES string of the molecule is COCc1cc(-c2cnn(C)c2N)c(F)cc1OC. The largest absolute Gasteiger partial charge is 0.496 e. The highest BCUT2D eigenvalue weighted by atomic mass is 19.1. The number of methoxy groups -OCH3 is 2. The highest BCUT2D eigenvalue weighted by Crippen LogP contribution is 2.32. The van der Waals surface area contributed by atoms with E-state index in [-0.39, 0.29) is 0 Å². The topological polar surface area (TPSA) is 62.3 Å². The normalized spacial score (nSPS) is 10.7. The monoisotopic (exact) mass is 265 g/mol. The smallest absolute Gasteiger partial charge is 0.134 e. The lowest BCUT2D eigenvalue weighted by Crippen LogP contribution is -2.00. The van der Waals surface area contributed by atoms with E-state index < -0.39 is 5.82 Å². The minimum atomic E-state index is -0.406. The number of nitrogen functional groups attached to an aromatic ring is 1. The van der Waals surface area contributed by atoms with Crippen LogP contribution in [0.2, 0.25) is 0 Å². The van der Waals surface area contributed by atoms with Crippen LogP contribution in [0.3, 0.4) is 0 Å². The first-order valence-corrected chi connectivity index (χ1v) is 5.71. The van der Waals surface area contributed by atoms with Gasteiger partial charge in [-0.25, -0.2) is 4.39 Å². The second-order valence-corrected chi connectivity index (χ2v) is 4.14. The van der Waals surface area contributed by atoms with Gasteiger partial charge in [0.1, 0.15) is 17.4 Å². The van der Waals surface area contributed by atoms with E-state index in [0.717, 1.165) is 5.56 Å². The van der Waals surface area contributed by atoms with E-state index in [1.807, 2.05) is 0 Å². The molecule has 0 saturated carbocycles. The van der Waals surface area contributed by atoms with Crippen molar-refractivity contribution in [3.8, 4) is 16.9 Å². The molecule has 0 aliphatic rings. The third-order valence-electron chi connectivity index (χ3n) is 2.94. The molecule has 2 N–H and O–H groups in total. The van der Waals surface area contributed by atoms with E-state index in [1.165, 1.54) is 24.1 Å². The Kier molecular flexibility index (Phi) is 3.71. The Morgan fingerprint density at radius 3 is 2.58 bits per heavy atom. The number of aromatic nitrogens is 2. The summed E-state index contributed by atoms with van der Waals surface area (Å²) in [4.78, 5) is 0. The molecule has 6 heteroatoms. The third kappa shape index (κ3) is 2.39. The first kappa shape index (κ1) is 13.4. The van der Waals surface area contributed by atoms with Crippen LogP contribution in [0.15, 0.2) is 18.3 Å². The fraction of sp³-hybridized carbons (Fsp3) is 0.308. The average molecular weight is 265 g/mol. The van der Waals surface area contributed by atoms with Gasteiger partial charge in [0.15, 0.2) is 0 Å². The molecular weight excluding hydrogens is 249 g/mol. The van der Waals surface area contributed by atoms with Gasteiger partial charge in [-0.3, -0.25) is 4.68 Å². The molecule has 0 unspecified atom stereocenters. The van der Waals surface area contributed by atoms with Gasteiger partial charge in [0, 0.05) is 36.9 Å². The van der Waals surface area contributed by atoms with E-state index in [1.54, 1.807) is 20.2 Å². The summed E-state index contributed by atoms with van der Waals surface area (Å²) < 4.78 is 25.8. The highest BCUT2D eigenvalue weighted by molar-refractivity contribution is 5.75. The highest BCUT2D eigenvalue weighted by Gasteiger charge is 2.16. The van der Waals surface area contributed by atoms with Crippen LogP contribution in [0.25, 0.3) is 11.1 Å². The fourth-order valence-corrected chi connectivity index (χ4v) is 1.92. The van der Waals surface area contributed by atoms with E-state index in [9.17, 15) is 4.39 Å². The Hall–Kier alpha value is -2.08. The lowest BCUT2D eigenvalue weighted by atomic mass is 10.0. The summed E-state index contributed by atoms with van der Waals surface area (Å²) in [5.74, 6) is 0.453. The molecule has 0 spiro atoms. The molecule has 1 aromatic heterocycles. The Labute approximate surface area is 110 Å². The zero-order chi connectivity index (χ0) is 14.0. The van der Waals surface area contributed by atoms with E-state index in [4.69, 9.17) is 15.2 Å². The number of rotatable bonds is 4. The van der Waals surface area contributed by atoms with Crippen molar-refractivity contribution in [2.24, 2.45) is 7.05 Å². The molecule has 0 bridgehead atoms. The summed E-state index contributed by atoms with van der Waals surface area (Å²) in [7, 11) is 4.77. The van der Waals surface area contributed by atoms with Crippen molar-refractivity contribution in [2.45, 2.75) is 6.61 Å². The molecule has 19 heavy (non-hydrogen) atoms. The van der Waals surface area contributed by atoms with Crippen molar-refractivity contribution in [3.05, 3.63) is 29.7 Å². The van der Waals surface area contributed by atoms with Crippen molar-refractivity contribution in [1.82, 2.24) is 9.78 Å². The number of hydrogen-bond donors (Lipinski definition) is 1. The van der Waals surface area contributed by atoms with Crippen LogP contribution in [-0.2, 0) is 18.4 Å². The van der Waals surface area contributed by atoms with Crippen LogP contribution in [0.5, 0.6) is 5.75 Å². The number of benzene rings is 1. The van der Waals surface area contributed by atoms with Crippen LogP contribution in [0, 0.1) is 5.82 Å². The number of ether oxygens (including phenoxy) is 2. The fourth-order valence-electron chi connectivity index (χ4n) is 1.92. The molecule has 2 rings (SSSR count). The van der Waals surface area contributed by atoms with Crippen molar-refractivity contribution in [3.63, 3.8) is 0 Å². The summed E-state index contributed by atoms with van der Waals surface area (Å²) in [5, 5.41) is 4.01. The van der Waals surface area contributed by atoms with Gasteiger partial charge < -0.3 is 15.2 Å². The molecule has 0 saturated heterocycles. The van der Waals surface area contributed by atoms with Crippen LogP contribution >= 0.6 is 0 Å². The van der Waals surface area contributed by atoms with E-state index in [0.29, 0.717) is 29.3 Å². The Balaban J connectivity index is 2.57. The van der Waals surface area contributed by atoms with Gasteiger partial charge in [-0.1, -0.05) is 0 Å². The van der Waals surface area contributed by atoms with E-state index >= 15 is 0 Å².